The number of alkyl halides is 1. The third-order valence-electron chi connectivity index (χ3n) is 1.71. The Morgan fingerprint density at radius 1 is 1.62 bits per heavy atom. The Morgan fingerprint density at radius 2 is 2.31 bits per heavy atom. The number of methoxy groups -OCH3 is 1. The molecule has 0 amide bonds. The van der Waals surface area contributed by atoms with Crippen LogP contribution >= 0.6 is 11.6 Å². The van der Waals surface area contributed by atoms with Gasteiger partial charge in [0.2, 0.25) is 0 Å². The lowest BCUT2D eigenvalue weighted by atomic mass is 10.1. The molecular formula is C9H9ClO3. The molecule has 1 rings (SSSR count). The molecule has 0 spiro atoms. The van der Waals surface area contributed by atoms with E-state index in [-0.39, 0.29) is 17.2 Å². The minimum absolute atomic E-state index is 0.106. The molecule has 0 saturated heterocycles. The van der Waals surface area contributed by atoms with Crippen molar-refractivity contribution >= 4 is 17.9 Å². The fourth-order valence-electron chi connectivity index (χ4n) is 1.03. The van der Waals surface area contributed by atoms with Crippen molar-refractivity contribution in [2.75, 3.05) is 7.11 Å². The van der Waals surface area contributed by atoms with Crippen LogP contribution in [0.5, 0.6) is 11.5 Å². The van der Waals surface area contributed by atoms with Crippen molar-refractivity contribution in [1.82, 2.24) is 0 Å². The Bertz CT molecular complexity index is 323. The molecule has 70 valence electrons. The van der Waals surface area contributed by atoms with Gasteiger partial charge < -0.3 is 9.84 Å². The summed E-state index contributed by atoms with van der Waals surface area (Å²) in [5, 5.41) is 9.36. The maximum Gasteiger partial charge on any atom is 0.154 e. The molecule has 0 aliphatic carbocycles. The quantitative estimate of drug-likeness (QED) is 0.599. The van der Waals surface area contributed by atoms with Crippen LogP contribution < -0.4 is 4.74 Å². The number of benzene rings is 1. The van der Waals surface area contributed by atoms with Crippen molar-refractivity contribution in [3.8, 4) is 11.5 Å². The number of aromatic hydroxyl groups is 1. The van der Waals surface area contributed by atoms with Crippen LogP contribution in [0.15, 0.2) is 12.1 Å². The van der Waals surface area contributed by atoms with Gasteiger partial charge in [-0.3, -0.25) is 4.79 Å². The Balaban J connectivity index is 3.28. The third kappa shape index (κ3) is 1.92. The molecule has 1 N–H and O–H groups in total. The first-order valence-corrected chi connectivity index (χ1v) is 4.17. The second-order valence-corrected chi connectivity index (χ2v) is 2.74. The largest absolute Gasteiger partial charge is 0.507 e. The Kier molecular flexibility index (Phi) is 3.14. The van der Waals surface area contributed by atoms with Gasteiger partial charge in [0.25, 0.3) is 0 Å². The van der Waals surface area contributed by atoms with Crippen LogP contribution in [0.3, 0.4) is 0 Å². The standard InChI is InChI=1S/C9H9ClO3/c1-13-7-2-6(4-10)8(5-11)9(12)3-7/h2-3,5,12H,4H2,1H3. The number of phenolic OH excluding ortho intramolecular Hbond substituents is 1. The molecule has 0 fully saturated rings. The second kappa shape index (κ2) is 4.14. The molecule has 0 aliphatic heterocycles. The maximum absolute atomic E-state index is 10.5. The molecule has 0 atom stereocenters. The predicted molar refractivity (Wildman–Crippen MR) is 49.6 cm³/mol. The molecule has 0 aliphatic rings. The summed E-state index contributed by atoms with van der Waals surface area (Å²) in [5.41, 5.74) is 0.782. The van der Waals surface area contributed by atoms with Crippen LogP contribution in [0.4, 0.5) is 0 Å². The van der Waals surface area contributed by atoms with E-state index in [1.165, 1.54) is 13.2 Å². The second-order valence-electron chi connectivity index (χ2n) is 2.47. The van der Waals surface area contributed by atoms with Crippen molar-refractivity contribution in [3.63, 3.8) is 0 Å². The van der Waals surface area contributed by atoms with E-state index in [4.69, 9.17) is 16.3 Å². The Hall–Kier alpha value is -1.22. The van der Waals surface area contributed by atoms with Crippen LogP contribution in [-0.2, 0) is 5.88 Å². The lowest BCUT2D eigenvalue weighted by Gasteiger charge is -2.06. The highest BCUT2D eigenvalue weighted by Crippen LogP contribution is 2.27. The monoisotopic (exact) mass is 200 g/mol. The van der Waals surface area contributed by atoms with E-state index in [0.29, 0.717) is 17.6 Å². The molecule has 4 heteroatoms. The number of ether oxygens (including phenoxy) is 1. The van der Waals surface area contributed by atoms with E-state index in [2.05, 4.69) is 0 Å². The van der Waals surface area contributed by atoms with Gasteiger partial charge in [-0.25, -0.2) is 0 Å². The van der Waals surface area contributed by atoms with Crippen LogP contribution in [0.1, 0.15) is 15.9 Å². The fourth-order valence-corrected chi connectivity index (χ4v) is 1.25. The summed E-state index contributed by atoms with van der Waals surface area (Å²) in [7, 11) is 1.48. The van der Waals surface area contributed by atoms with Crippen LogP contribution in [0, 0.1) is 0 Å². The van der Waals surface area contributed by atoms with Crippen molar-refractivity contribution in [1.29, 1.82) is 0 Å². The number of halogens is 1. The van der Waals surface area contributed by atoms with Crippen molar-refractivity contribution in [3.05, 3.63) is 23.3 Å². The number of rotatable bonds is 3. The number of hydrogen-bond donors (Lipinski definition) is 1. The molecule has 0 aromatic heterocycles. The average molecular weight is 201 g/mol. The zero-order chi connectivity index (χ0) is 9.84. The van der Waals surface area contributed by atoms with E-state index in [0.717, 1.165) is 0 Å². The van der Waals surface area contributed by atoms with Gasteiger partial charge in [-0.15, -0.1) is 11.6 Å². The maximum atomic E-state index is 10.5. The molecule has 1 aromatic carbocycles. The number of carbonyl (C=O) groups is 1. The molecule has 0 radical (unpaired) electrons. The van der Waals surface area contributed by atoms with Crippen molar-refractivity contribution in [2.45, 2.75) is 5.88 Å². The van der Waals surface area contributed by atoms with Gasteiger partial charge in [-0.1, -0.05) is 0 Å². The molecule has 0 heterocycles. The number of carbonyl (C=O) groups excluding carboxylic acids is 1. The smallest absolute Gasteiger partial charge is 0.154 e. The first kappa shape index (κ1) is 9.86. The Labute approximate surface area is 80.9 Å². The minimum atomic E-state index is -0.106. The first-order valence-electron chi connectivity index (χ1n) is 3.64. The summed E-state index contributed by atoms with van der Waals surface area (Å²) in [6.07, 6.45) is 0.576. The van der Waals surface area contributed by atoms with E-state index in [1.807, 2.05) is 0 Å². The summed E-state index contributed by atoms with van der Waals surface area (Å²) < 4.78 is 4.90. The summed E-state index contributed by atoms with van der Waals surface area (Å²) in [6.45, 7) is 0. The van der Waals surface area contributed by atoms with E-state index >= 15 is 0 Å². The normalized spacial score (nSPS) is 9.69. The van der Waals surface area contributed by atoms with Crippen LogP contribution in [0.2, 0.25) is 0 Å². The van der Waals surface area contributed by atoms with Gasteiger partial charge >= 0.3 is 0 Å². The van der Waals surface area contributed by atoms with Gasteiger partial charge in [-0.2, -0.15) is 0 Å². The zero-order valence-electron chi connectivity index (χ0n) is 7.08. The highest BCUT2D eigenvalue weighted by atomic mass is 35.5. The summed E-state index contributed by atoms with van der Waals surface area (Å²) >= 11 is 5.59. The van der Waals surface area contributed by atoms with Gasteiger partial charge in [0.05, 0.1) is 12.7 Å². The summed E-state index contributed by atoms with van der Waals surface area (Å²) in [5.74, 6) is 0.544. The molecule has 1 aromatic rings. The lowest BCUT2D eigenvalue weighted by molar-refractivity contribution is 0.112. The fraction of sp³-hybridized carbons (Fsp3) is 0.222. The van der Waals surface area contributed by atoms with Crippen LogP contribution in [-0.4, -0.2) is 18.5 Å². The van der Waals surface area contributed by atoms with Gasteiger partial charge in [0.1, 0.15) is 11.5 Å². The lowest BCUT2D eigenvalue weighted by Crippen LogP contribution is -1.92. The van der Waals surface area contributed by atoms with E-state index in [9.17, 15) is 9.90 Å². The van der Waals surface area contributed by atoms with Gasteiger partial charge in [-0.05, 0) is 11.6 Å². The summed E-state index contributed by atoms with van der Waals surface area (Å²) in [6, 6.07) is 3.00. The topological polar surface area (TPSA) is 46.5 Å². The Morgan fingerprint density at radius 3 is 2.77 bits per heavy atom. The van der Waals surface area contributed by atoms with Crippen molar-refractivity contribution < 1.29 is 14.6 Å². The van der Waals surface area contributed by atoms with Crippen molar-refractivity contribution in [2.24, 2.45) is 0 Å². The number of hydrogen-bond acceptors (Lipinski definition) is 3. The third-order valence-corrected chi connectivity index (χ3v) is 2.00. The van der Waals surface area contributed by atoms with Gasteiger partial charge in [0.15, 0.2) is 6.29 Å². The highest BCUT2D eigenvalue weighted by Gasteiger charge is 2.08. The predicted octanol–water partition coefficient (Wildman–Crippen LogP) is 1.95. The van der Waals surface area contributed by atoms with E-state index in [1.54, 1.807) is 6.07 Å². The SMILES string of the molecule is COc1cc(O)c(C=O)c(CCl)c1. The zero-order valence-corrected chi connectivity index (χ0v) is 7.84. The number of aldehydes is 1. The number of phenols is 1. The highest BCUT2D eigenvalue weighted by molar-refractivity contribution is 6.17. The van der Waals surface area contributed by atoms with Crippen LogP contribution in [0.25, 0.3) is 0 Å². The minimum Gasteiger partial charge on any atom is -0.507 e. The molecule has 13 heavy (non-hydrogen) atoms. The molecule has 0 bridgehead atoms. The first-order chi connectivity index (χ1) is 6.22. The molecular weight excluding hydrogens is 192 g/mol. The molecule has 3 nitrogen and oxygen atoms in total. The molecule has 0 unspecified atom stereocenters. The summed E-state index contributed by atoms with van der Waals surface area (Å²) in [4.78, 5) is 10.5. The van der Waals surface area contributed by atoms with Gasteiger partial charge in [0, 0.05) is 11.9 Å². The average Bonchev–Trinajstić information content (AvgIpc) is 2.16. The molecule has 0 saturated carbocycles. The van der Waals surface area contributed by atoms with E-state index < -0.39 is 0 Å².